The van der Waals surface area contributed by atoms with E-state index in [9.17, 15) is 0 Å². The molecule has 1 unspecified atom stereocenters. The highest BCUT2D eigenvalue weighted by Gasteiger charge is 1.91. The number of nitriles is 1. The zero-order valence-electron chi connectivity index (χ0n) is 3.26. The van der Waals surface area contributed by atoms with Crippen LogP contribution >= 0.6 is 0 Å². The quantitative estimate of drug-likeness (QED) is 0.450. The molecule has 0 bridgehead atoms. The van der Waals surface area contributed by atoms with Gasteiger partial charge in [-0.25, -0.2) is 5.26 Å². The Labute approximate surface area is 38.1 Å². The van der Waals surface area contributed by atoms with Crippen LogP contribution in [-0.2, 0) is 0 Å². The van der Waals surface area contributed by atoms with E-state index in [0.717, 1.165) is 0 Å². The molecule has 0 radical (unpaired) electrons. The van der Waals surface area contributed by atoms with Crippen molar-refractivity contribution >= 4 is 9.04 Å². The largest absolute Gasteiger partial charge is 0.420 e. The van der Waals surface area contributed by atoms with E-state index in [1.54, 1.807) is 5.69 Å². The zero-order valence-corrected chi connectivity index (χ0v) is 4.41. The molecule has 0 rings (SSSR count). The molecule has 32 valence electrons. The van der Waals surface area contributed by atoms with E-state index in [4.69, 9.17) is 10.1 Å². The monoisotopic (exact) mass is 99.0 g/mol. The molecule has 1 N–H and O–H groups in total. The van der Waals surface area contributed by atoms with Crippen LogP contribution in [0.1, 0.15) is 0 Å². The maximum Gasteiger partial charge on any atom is 0.312 e. The van der Waals surface area contributed by atoms with Crippen LogP contribution in [-0.4, -0.2) is 13.8 Å². The van der Waals surface area contributed by atoms with Gasteiger partial charge in [0.15, 0.2) is 0 Å². The summed E-state index contributed by atoms with van der Waals surface area (Å²) in [6.45, 7) is 3.22. The lowest BCUT2D eigenvalue weighted by Crippen LogP contribution is -2.01. The van der Waals surface area contributed by atoms with Crippen LogP contribution < -0.4 is 0 Å². The van der Waals surface area contributed by atoms with E-state index < -0.39 is 9.04 Å². The molecule has 1 atom stereocenters. The molecular weight excluding hydrogens is 94.1 g/mol. The molecule has 2 nitrogen and oxygen atoms in total. The van der Waals surface area contributed by atoms with E-state index in [1.165, 1.54) is 5.70 Å². The third-order valence-corrected chi connectivity index (χ3v) is 1.07. The van der Waals surface area contributed by atoms with Crippen molar-refractivity contribution in [1.82, 2.24) is 0 Å². The summed E-state index contributed by atoms with van der Waals surface area (Å²) in [5.74, 6) is 0. The zero-order chi connectivity index (χ0) is 4.99. The Morgan fingerprint density at radius 3 is 2.50 bits per heavy atom. The summed E-state index contributed by atoms with van der Waals surface area (Å²) in [4.78, 5) is 8.33. The van der Waals surface area contributed by atoms with Crippen molar-refractivity contribution in [3.8, 4) is 5.69 Å². The Morgan fingerprint density at radius 2 is 2.50 bits per heavy atom. The van der Waals surface area contributed by atoms with Gasteiger partial charge < -0.3 is 4.80 Å². The van der Waals surface area contributed by atoms with Crippen LogP contribution in [0.15, 0.2) is 12.3 Å². The van der Waals surface area contributed by atoms with Crippen molar-refractivity contribution in [2.75, 3.05) is 0 Å². The van der Waals surface area contributed by atoms with Crippen molar-refractivity contribution < 1.29 is 4.80 Å². The first-order valence-corrected chi connectivity index (χ1v) is 3.27. The normalized spacial score (nSPS) is 12.0. The van der Waals surface area contributed by atoms with Crippen LogP contribution in [0.5, 0.6) is 0 Å². The van der Waals surface area contributed by atoms with Gasteiger partial charge >= 0.3 is 9.04 Å². The third kappa shape index (κ3) is 1.70. The van der Waals surface area contributed by atoms with Gasteiger partial charge in [0, 0.05) is 0 Å². The number of rotatable bonds is 1. The van der Waals surface area contributed by atoms with E-state index in [2.05, 4.69) is 6.58 Å². The maximum absolute atomic E-state index is 8.33. The fourth-order valence-corrected chi connectivity index (χ4v) is 0.158. The second-order valence-corrected chi connectivity index (χ2v) is 2.43. The standard InChI is InChI=1S/C3H5NOSi/c1-2-6(5)3-4/h2,5-6H,1H2. The lowest BCUT2D eigenvalue weighted by atomic mass is 11.3. The average Bonchev–Trinajstić information content (AvgIpc) is 1.65. The second-order valence-electron chi connectivity index (χ2n) is 0.810. The summed E-state index contributed by atoms with van der Waals surface area (Å²) in [5, 5.41) is 7.83. The predicted molar refractivity (Wildman–Crippen MR) is 25.2 cm³/mol. The summed E-state index contributed by atoms with van der Waals surface area (Å²) < 4.78 is 0. The molecule has 0 saturated heterocycles. The summed E-state index contributed by atoms with van der Waals surface area (Å²) in [7, 11) is -2.09. The maximum atomic E-state index is 8.33. The molecule has 0 spiro atoms. The first-order chi connectivity index (χ1) is 2.81. The Hall–Kier alpha value is -0.593. The number of nitrogens with zero attached hydrogens (tertiary/aromatic N) is 1. The van der Waals surface area contributed by atoms with Crippen molar-refractivity contribution in [1.29, 1.82) is 5.26 Å². The Bertz CT molecular complexity index is 85.3. The van der Waals surface area contributed by atoms with Gasteiger partial charge in [0.05, 0.1) is 5.69 Å². The van der Waals surface area contributed by atoms with E-state index in [-0.39, 0.29) is 0 Å². The molecule has 0 aliphatic carbocycles. The van der Waals surface area contributed by atoms with Gasteiger partial charge in [-0.05, 0) is 0 Å². The van der Waals surface area contributed by atoms with Crippen molar-refractivity contribution in [2.45, 2.75) is 0 Å². The lowest BCUT2D eigenvalue weighted by Gasteiger charge is -1.76. The molecule has 0 aliphatic heterocycles. The minimum atomic E-state index is -2.09. The van der Waals surface area contributed by atoms with Gasteiger partial charge in [0.1, 0.15) is 0 Å². The molecule has 0 heterocycles. The highest BCUT2D eigenvalue weighted by atomic mass is 28.3. The van der Waals surface area contributed by atoms with Crippen molar-refractivity contribution in [2.24, 2.45) is 0 Å². The molecule has 0 saturated carbocycles. The minimum Gasteiger partial charge on any atom is -0.420 e. The molecule has 0 aromatic carbocycles. The topological polar surface area (TPSA) is 44.0 Å². The van der Waals surface area contributed by atoms with Gasteiger partial charge in [-0.3, -0.25) is 0 Å². The van der Waals surface area contributed by atoms with Gasteiger partial charge in [0.2, 0.25) is 0 Å². The molecule has 0 amide bonds. The number of hydrogen-bond donors (Lipinski definition) is 1. The summed E-state index contributed by atoms with van der Waals surface area (Å²) in [6.07, 6.45) is 0. The molecule has 6 heavy (non-hydrogen) atoms. The first kappa shape index (κ1) is 5.41. The highest BCUT2D eigenvalue weighted by Crippen LogP contribution is 1.67. The van der Waals surface area contributed by atoms with Crippen LogP contribution in [0.25, 0.3) is 0 Å². The van der Waals surface area contributed by atoms with E-state index in [1.807, 2.05) is 0 Å². The Kier molecular flexibility index (Phi) is 2.37. The van der Waals surface area contributed by atoms with E-state index >= 15 is 0 Å². The van der Waals surface area contributed by atoms with Crippen LogP contribution in [0.2, 0.25) is 0 Å². The molecule has 0 aromatic heterocycles. The number of hydrogen-bond acceptors (Lipinski definition) is 2. The second kappa shape index (κ2) is 2.63. The van der Waals surface area contributed by atoms with Gasteiger partial charge in [-0.15, -0.1) is 6.58 Å². The van der Waals surface area contributed by atoms with Gasteiger partial charge in [-0.1, -0.05) is 5.70 Å². The summed E-state index contributed by atoms with van der Waals surface area (Å²) >= 11 is 0. The Morgan fingerprint density at radius 1 is 2.00 bits per heavy atom. The highest BCUT2D eigenvalue weighted by molar-refractivity contribution is 6.64. The average molecular weight is 99.2 g/mol. The third-order valence-electron chi connectivity index (χ3n) is 0.356. The smallest absolute Gasteiger partial charge is 0.312 e. The first-order valence-electron chi connectivity index (χ1n) is 1.51. The summed E-state index contributed by atoms with van der Waals surface area (Å²) in [6, 6.07) is 0. The fourth-order valence-electron chi connectivity index (χ4n) is 0.0527. The molecule has 0 aromatic rings. The van der Waals surface area contributed by atoms with E-state index in [0.29, 0.717) is 0 Å². The molecular formula is C3H5NOSi. The molecule has 0 aliphatic rings. The molecule has 0 fully saturated rings. The summed E-state index contributed by atoms with van der Waals surface area (Å²) in [5.41, 5.74) is 3.00. The van der Waals surface area contributed by atoms with Crippen molar-refractivity contribution in [3.63, 3.8) is 0 Å². The van der Waals surface area contributed by atoms with Crippen molar-refractivity contribution in [3.05, 3.63) is 12.3 Å². The fraction of sp³-hybridized carbons (Fsp3) is 0. The van der Waals surface area contributed by atoms with Crippen LogP contribution in [0.3, 0.4) is 0 Å². The van der Waals surface area contributed by atoms with Crippen LogP contribution in [0.4, 0.5) is 0 Å². The van der Waals surface area contributed by atoms with Crippen LogP contribution in [0, 0.1) is 11.0 Å². The Balaban J connectivity index is 3.30. The van der Waals surface area contributed by atoms with Gasteiger partial charge in [0.25, 0.3) is 0 Å². The van der Waals surface area contributed by atoms with Gasteiger partial charge in [-0.2, -0.15) is 0 Å². The minimum absolute atomic E-state index is 1.31. The SMILES string of the molecule is C=C[SiH](O)C#N. The molecule has 3 heteroatoms. The predicted octanol–water partition coefficient (Wildman–Crippen LogP) is -0.510. The lowest BCUT2D eigenvalue weighted by molar-refractivity contribution is 0.600.